The zero-order valence-corrected chi connectivity index (χ0v) is 18.7. The molecule has 3 nitrogen and oxygen atoms in total. The lowest BCUT2D eigenvalue weighted by molar-refractivity contribution is 0.549. The van der Waals surface area contributed by atoms with Crippen LogP contribution in [0.15, 0.2) is 117 Å². The molecule has 164 valence electrons. The van der Waals surface area contributed by atoms with E-state index in [0.717, 1.165) is 33.0 Å². The van der Waals surface area contributed by atoms with Gasteiger partial charge in [0, 0.05) is 34.4 Å². The van der Waals surface area contributed by atoms with Gasteiger partial charge in [-0.05, 0) is 40.8 Å². The molecule has 6 rings (SSSR count). The summed E-state index contributed by atoms with van der Waals surface area (Å²) in [6.45, 7) is 2.00. The fraction of sp³-hybridized carbons (Fsp3) is 0.0645. The van der Waals surface area contributed by atoms with Gasteiger partial charge < -0.3 is 8.83 Å². The topological polar surface area (TPSA) is 43.4 Å². The van der Waals surface area contributed by atoms with Crippen LogP contribution in [0.5, 0.6) is 0 Å². The minimum atomic E-state index is -0.295. The zero-order valence-electron chi connectivity index (χ0n) is 18.7. The molecule has 0 saturated heterocycles. The van der Waals surface area contributed by atoms with E-state index in [4.69, 9.17) is 8.83 Å². The third-order valence-electron chi connectivity index (χ3n) is 6.51. The lowest BCUT2D eigenvalue weighted by Crippen LogP contribution is -2.10. The van der Waals surface area contributed by atoms with Crippen molar-refractivity contribution in [1.82, 2.24) is 0 Å². The van der Waals surface area contributed by atoms with Crippen LogP contribution in [-0.2, 0) is 6.42 Å². The van der Waals surface area contributed by atoms with Crippen molar-refractivity contribution in [2.45, 2.75) is 13.3 Å². The van der Waals surface area contributed by atoms with Crippen molar-refractivity contribution in [3.63, 3.8) is 0 Å². The van der Waals surface area contributed by atoms with Crippen LogP contribution in [0, 0.1) is 6.92 Å². The molecule has 0 amide bonds. The monoisotopic (exact) mass is 442 g/mol. The Bertz CT molecular complexity index is 1670. The van der Waals surface area contributed by atoms with Gasteiger partial charge in [-0.3, -0.25) is 0 Å². The molecule has 2 aromatic heterocycles. The Labute approximate surface area is 196 Å². The van der Waals surface area contributed by atoms with Gasteiger partial charge in [0.15, 0.2) is 0 Å². The summed E-state index contributed by atoms with van der Waals surface area (Å²) in [7, 11) is 0. The number of furan rings is 1. The molecule has 0 radical (unpaired) electrons. The predicted octanol–water partition coefficient (Wildman–Crippen LogP) is 7.77. The van der Waals surface area contributed by atoms with Crippen LogP contribution < -0.4 is 5.63 Å². The molecule has 0 fully saturated rings. The zero-order chi connectivity index (χ0) is 23.1. The number of benzene rings is 4. The summed E-state index contributed by atoms with van der Waals surface area (Å²) in [5, 5.41) is 1.93. The van der Waals surface area contributed by atoms with Gasteiger partial charge in [0.2, 0.25) is 0 Å². The molecule has 3 heteroatoms. The second kappa shape index (κ2) is 8.20. The minimum Gasteiger partial charge on any atom is -0.464 e. The first kappa shape index (κ1) is 20.3. The van der Waals surface area contributed by atoms with Gasteiger partial charge in [-0.2, -0.15) is 0 Å². The summed E-state index contributed by atoms with van der Waals surface area (Å²) in [6, 6.07) is 32.7. The van der Waals surface area contributed by atoms with Crippen molar-refractivity contribution >= 4 is 21.9 Å². The summed E-state index contributed by atoms with van der Waals surface area (Å²) in [4.78, 5) is 12.8. The summed E-state index contributed by atoms with van der Waals surface area (Å²) in [6.07, 6.45) is 2.32. The van der Waals surface area contributed by atoms with Crippen molar-refractivity contribution in [3.8, 4) is 22.3 Å². The normalized spacial score (nSPS) is 11.3. The number of hydrogen-bond acceptors (Lipinski definition) is 3. The van der Waals surface area contributed by atoms with Crippen molar-refractivity contribution in [2.75, 3.05) is 0 Å². The number of fused-ring (bicyclic) bond motifs is 2. The maximum atomic E-state index is 12.8. The quantitative estimate of drug-likeness (QED) is 0.262. The third-order valence-corrected chi connectivity index (χ3v) is 6.51. The number of rotatable bonds is 4. The Hall–Kier alpha value is -4.37. The molecule has 0 N–H and O–H groups in total. The van der Waals surface area contributed by atoms with Gasteiger partial charge in [-0.15, -0.1) is 0 Å². The summed E-state index contributed by atoms with van der Waals surface area (Å²) >= 11 is 0. The maximum Gasteiger partial charge on any atom is 0.340 e. The van der Waals surface area contributed by atoms with E-state index >= 15 is 0 Å². The highest BCUT2D eigenvalue weighted by molar-refractivity contribution is 6.02. The lowest BCUT2D eigenvalue weighted by atomic mass is 9.97. The fourth-order valence-corrected chi connectivity index (χ4v) is 4.61. The van der Waals surface area contributed by atoms with Crippen molar-refractivity contribution in [3.05, 3.63) is 130 Å². The summed E-state index contributed by atoms with van der Waals surface area (Å²) < 4.78 is 11.6. The van der Waals surface area contributed by atoms with E-state index in [1.54, 1.807) is 6.26 Å². The smallest absolute Gasteiger partial charge is 0.340 e. The second-order valence-corrected chi connectivity index (χ2v) is 8.59. The molecule has 0 spiro atoms. The number of hydrogen-bond donors (Lipinski definition) is 0. The maximum absolute atomic E-state index is 12.8. The SMILES string of the molecule is Cc1c(Cc2ccccc2)c(=O)oc2cc3occ(-c4ccc(-c5ccccc5)cc4)c3cc12. The summed E-state index contributed by atoms with van der Waals surface area (Å²) in [5.41, 5.74) is 8.14. The first-order chi connectivity index (χ1) is 16.7. The van der Waals surface area contributed by atoms with E-state index in [2.05, 4.69) is 42.5 Å². The minimum absolute atomic E-state index is 0.295. The average molecular weight is 443 g/mol. The van der Waals surface area contributed by atoms with Gasteiger partial charge >= 0.3 is 5.63 Å². The first-order valence-electron chi connectivity index (χ1n) is 11.3. The van der Waals surface area contributed by atoms with Gasteiger partial charge in [-0.25, -0.2) is 4.79 Å². The van der Waals surface area contributed by atoms with Crippen LogP contribution >= 0.6 is 0 Å². The molecule has 34 heavy (non-hydrogen) atoms. The largest absolute Gasteiger partial charge is 0.464 e. The lowest BCUT2D eigenvalue weighted by Gasteiger charge is -2.09. The Morgan fingerprint density at radius 3 is 2.06 bits per heavy atom. The Morgan fingerprint density at radius 1 is 0.676 bits per heavy atom. The van der Waals surface area contributed by atoms with E-state index in [-0.39, 0.29) is 5.63 Å². The van der Waals surface area contributed by atoms with E-state index < -0.39 is 0 Å². The van der Waals surface area contributed by atoms with E-state index in [0.29, 0.717) is 23.2 Å². The molecular weight excluding hydrogens is 420 g/mol. The van der Waals surface area contributed by atoms with Gasteiger partial charge in [0.1, 0.15) is 11.2 Å². The van der Waals surface area contributed by atoms with Crippen LogP contribution in [0.1, 0.15) is 16.7 Å². The van der Waals surface area contributed by atoms with E-state index in [1.807, 2.05) is 61.5 Å². The Kier molecular flexibility index (Phi) is 4.88. The molecule has 6 aromatic rings. The molecule has 0 aliphatic heterocycles. The van der Waals surface area contributed by atoms with Crippen LogP contribution in [0.25, 0.3) is 44.2 Å². The number of aryl methyl sites for hydroxylation is 1. The average Bonchev–Trinajstić information content (AvgIpc) is 3.30. The van der Waals surface area contributed by atoms with Crippen LogP contribution in [0.4, 0.5) is 0 Å². The van der Waals surface area contributed by atoms with Gasteiger partial charge in [-0.1, -0.05) is 84.9 Å². The second-order valence-electron chi connectivity index (χ2n) is 8.59. The molecule has 0 aliphatic carbocycles. The summed E-state index contributed by atoms with van der Waals surface area (Å²) in [5.74, 6) is 0. The molecule has 2 heterocycles. The first-order valence-corrected chi connectivity index (χ1v) is 11.3. The molecule has 0 atom stereocenters. The fourth-order valence-electron chi connectivity index (χ4n) is 4.61. The molecule has 0 saturated carbocycles. The Morgan fingerprint density at radius 2 is 1.32 bits per heavy atom. The molecule has 4 aromatic carbocycles. The van der Waals surface area contributed by atoms with Crippen molar-refractivity contribution in [1.29, 1.82) is 0 Å². The Balaban J connectivity index is 1.45. The highest BCUT2D eigenvalue weighted by Crippen LogP contribution is 2.35. The van der Waals surface area contributed by atoms with Crippen LogP contribution in [-0.4, -0.2) is 0 Å². The third kappa shape index (κ3) is 3.52. The van der Waals surface area contributed by atoms with E-state index in [1.165, 1.54) is 11.1 Å². The van der Waals surface area contributed by atoms with Crippen LogP contribution in [0.2, 0.25) is 0 Å². The van der Waals surface area contributed by atoms with Crippen LogP contribution in [0.3, 0.4) is 0 Å². The van der Waals surface area contributed by atoms with Crippen molar-refractivity contribution in [2.24, 2.45) is 0 Å². The van der Waals surface area contributed by atoms with E-state index in [9.17, 15) is 4.79 Å². The molecular formula is C31H22O3. The molecule has 0 bridgehead atoms. The van der Waals surface area contributed by atoms with Crippen molar-refractivity contribution < 1.29 is 8.83 Å². The van der Waals surface area contributed by atoms with Gasteiger partial charge in [0.05, 0.1) is 6.26 Å². The molecule has 0 aliphatic rings. The van der Waals surface area contributed by atoms with Gasteiger partial charge in [0.25, 0.3) is 0 Å². The standard InChI is InChI=1S/C31H22O3/c1-20-25-17-27-28(24-14-12-23(13-15-24)22-10-6-3-7-11-22)19-33-29(27)18-30(25)34-31(32)26(20)16-21-8-4-2-5-9-21/h2-15,17-19H,16H2,1H3. The molecule has 0 unspecified atom stereocenters. The predicted molar refractivity (Wildman–Crippen MR) is 137 cm³/mol. The highest BCUT2D eigenvalue weighted by atomic mass is 16.4. The highest BCUT2D eigenvalue weighted by Gasteiger charge is 2.16.